The van der Waals surface area contributed by atoms with Crippen LogP contribution in [0.15, 0.2) is 6.07 Å². The third-order valence-corrected chi connectivity index (χ3v) is 2.89. The van der Waals surface area contributed by atoms with Crippen molar-refractivity contribution in [3.8, 4) is 0 Å². The quantitative estimate of drug-likeness (QED) is 0.599. The lowest BCUT2D eigenvalue weighted by Crippen LogP contribution is -2.10. The van der Waals surface area contributed by atoms with E-state index in [4.69, 9.17) is 5.11 Å². The Morgan fingerprint density at radius 3 is 2.42 bits per heavy atom. The average molecular weight is 266 g/mol. The molecule has 5 nitrogen and oxygen atoms in total. The molecule has 1 aromatic rings. The first kappa shape index (κ1) is 15.7. The van der Waals surface area contributed by atoms with Gasteiger partial charge in [0.15, 0.2) is 0 Å². The van der Waals surface area contributed by atoms with Gasteiger partial charge in [-0.05, 0) is 32.1 Å². The summed E-state index contributed by atoms with van der Waals surface area (Å²) in [6, 6.07) is 1.94. The molecule has 1 rings (SSSR count). The zero-order chi connectivity index (χ0) is 14.1. The van der Waals surface area contributed by atoms with Gasteiger partial charge in [-0.15, -0.1) is 0 Å². The average Bonchev–Trinajstić information content (AvgIpc) is 2.40. The van der Waals surface area contributed by atoms with Gasteiger partial charge in [-0.25, -0.2) is 9.97 Å². The molecule has 0 aromatic carbocycles. The first-order valence-electron chi connectivity index (χ1n) is 7.10. The lowest BCUT2D eigenvalue weighted by Gasteiger charge is -2.11. The minimum atomic E-state index is 0.262. The fraction of sp³-hybridized carbons (Fsp3) is 0.714. The largest absolute Gasteiger partial charge is 0.396 e. The van der Waals surface area contributed by atoms with Crippen molar-refractivity contribution in [2.45, 2.75) is 40.0 Å². The predicted molar refractivity (Wildman–Crippen MR) is 79.5 cm³/mol. The molecule has 1 unspecified atom stereocenters. The van der Waals surface area contributed by atoms with E-state index in [1.165, 1.54) is 0 Å². The molecule has 0 amide bonds. The highest BCUT2D eigenvalue weighted by Gasteiger charge is 2.02. The van der Waals surface area contributed by atoms with Crippen LogP contribution in [0.2, 0.25) is 0 Å². The van der Waals surface area contributed by atoms with Crippen LogP contribution in [0, 0.1) is 12.8 Å². The SMILES string of the molecule is CCCNc1cc(NCCCC(C)CO)nc(C)n1. The van der Waals surface area contributed by atoms with Crippen molar-refractivity contribution in [2.75, 3.05) is 30.3 Å². The summed E-state index contributed by atoms with van der Waals surface area (Å²) in [5.74, 6) is 2.88. The fourth-order valence-corrected chi connectivity index (χ4v) is 1.76. The van der Waals surface area contributed by atoms with Crippen LogP contribution < -0.4 is 10.6 Å². The zero-order valence-electron chi connectivity index (χ0n) is 12.2. The van der Waals surface area contributed by atoms with E-state index in [1.54, 1.807) is 0 Å². The monoisotopic (exact) mass is 266 g/mol. The maximum absolute atomic E-state index is 8.96. The van der Waals surface area contributed by atoms with Crippen molar-refractivity contribution in [1.29, 1.82) is 0 Å². The second-order valence-electron chi connectivity index (χ2n) is 4.97. The van der Waals surface area contributed by atoms with E-state index in [1.807, 2.05) is 13.0 Å². The Bertz CT molecular complexity index is 370. The number of rotatable bonds is 9. The molecule has 0 aliphatic heterocycles. The molecular formula is C14H26N4O. The van der Waals surface area contributed by atoms with Gasteiger partial charge in [-0.1, -0.05) is 13.8 Å². The maximum Gasteiger partial charge on any atom is 0.131 e. The first-order valence-corrected chi connectivity index (χ1v) is 7.10. The summed E-state index contributed by atoms with van der Waals surface area (Å²) in [6.07, 6.45) is 3.13. The van der Waals surface area contributed by atoms with Gasteiger partial charge in [0.2, 0.25) is 0 Å². The molecule has 0 aliphatic carbocycles. The summed E-state index contributed by atoms with van der Waals surface area (Å²) in [5, 5.41) is 15.5. The molecule has 0 fully saturated rings. The second kappa shape index (κ2) is 8.69. The molecular weight excluding hydrogens is 240 g/mol. The molecule has 5 heteroatoms. The third kappa shape index (κ3) is 6.38. The molecule has 1 atom stereocenters. The Labute approximate surface area is 115 Å². The van der Waals surface area contributed by atoms with Gasteiger partial charge in [0.1, 0.15) is 17.5 Å². The third-order valence-electron chi connectivity index (χ3n) is 2.89. The maximum atomic E-state index is 8.96. The number of hydrogen-bond acceptors (Lipinski definition) is 5. The number of aromatic nitrogens is 2. The molecule has 1 heterocycles. The lowest BCUT2D eigenvalue weighted by atomic mass is 10.1. The number of aryl methyl sites for hydroxylation is 1. The van der Waals surface area contributed by atoms with Crippen LogP contribution in [-0.2, 0) is 0 Å². The van der Waals surface area contributed by atoms with Crippen molar-refractivity contribution in [3.05, 3.63) is 11.9 Å². The minimum Gasteiger partial charge on any atom is -0.396 e. The second-order valence-corrected chi connectivity index (χ2v) is 4.97. The van der Waals surface area contributed by atoms with Crippen LogP contribution in [0.5, 0.6) is 0 Å². The molecule has 3 N–H and O–H groups in total. The Balaban J connectivity index is 2.42. The summed E-state index contributed by atoms with van der Waals surface area (Å²) < 4.78 is 0. The molecule has 0 spiro atoms. The van der Waals surface area contributed by atoms with Crippen molar-refractivity contribution in [1.82, 2.24) is 9.97 Å². The normalized spacial score (nSPS) is 12.2. The number of anilines is 2. The molecule has 0 saturated carbocycles. The Morgan fingerprint density at radius 1 is 1.21 bits per heavy atom. The van der Waals surface area contributed by atoms with Gasteiger partial charge in [0, 0.05) is 25.8 Å². The van der Waals surface area contributed by atoms with Crippen molar-refractivity contribution in [2.24, 2.45) is 5.92 Å². The molecule has 0 bridgehead atoms. The molecule has 1 aromatic heterocycles. The molecule has 0 radical (unpaired) electrons. The first-order chi connectivity index (χ1) is 9.15. The van der Waals surface area contributed by atoms with E-state index in [0.717, 1.165) is 49.8 Å². The van der Waals surface area contributed by atoms with Crippen LogP contribution in [0.25, 0.3) is 0 Å². The fourth-order valence-electron chi connectivity index (χ4n) is 1.76. The zero-order valence-corrected chi connectivity index (χ0v) is 12.2. The highest BCUT2D eigenvalue weighted by molar-refractivity contribution is 5.47. The van der Waals surface area contributed by atoms with E-state index in [2.05, 4.69) is 34.4 Å². The van der Waals surface area contributed by atoms with E-state index >= 15 is 0 Å². The van der Waals surface area contributed by atoms with Gasteiger partial charge in [0.25, 0.3) is 0 Å². The predicted octanol–water partition coefficient (Wildman–Crippen LogP) is 2.43. The summed E-state index contributed by atoms with van der Waals surface area (Å²) in [7, 11) is 0. The molecule has 0 aliphatic rings. The number of aliphatic hydroxyl groups excluding tert-OH is 1. The van der Waals surface area contributed by atoms with Crippen LogP contribution in [0.3, 0.4) is 0 Å². The summed E-state index contributed by atoms with van der Waals surface area (Å²) in [5.41, 5.74) is 0. The van der Waals surface area contributed by atoms with Crippen molar-refractivity contribution >= 4 is 11.6 Å². The summed E-state index contributed by atoms with van der Waals surface area (Å²) >= 11 is 0. The molecule has 19 heavy (non-hydrogen) atoms. The Kier molecular flexibility index (Phi) is 7.18. The highest BCUT2D eigenvalue weighted by Crippen LogP contribution is 2.12. The minimum absolute atomic E-state index is 0.262. The lowest BCUT2D eigenvalue weighted by molar-refractivity contribution is 0.229. The van der Waals surface area contributed by atoms with Gasteiger partial charge >= 0.3 is 0 Å². The summed E-state index contributed by atoms with van der Waals surface area (Å²) in [4.78, 5) is 8.71. The topological polar surface area (TPSA) is 70.1 Å². The van der Waals surface area contributed by atoms with Crippen molar-refractivity contribution < 1.29 is 5.11 Å². The van der Waals surface area contributed by atoms with Crippen LogP contribution in [0.1, 0.15) is 38.9 Å². The number of hydrogen-bond donors (Lipinski definition) is 3. The van der Waals surface area contributed by atoms with Crippen LogP contribution >= 0.6 is 0 Å². The number of aliphatic hydroxyl groups is 1. The summed E-state index contributed by atoms with van der Waals surface area (Å²) in [6.45, 7) is 8.13. The van der Waals surface area contributed by atoms with Gasteiger partial charge < -0.3 is 15.7 Å². The number of nitrogens with zero attached hydrogens (tertiary/aromatic N) is 2. The standard InChI is InChI=1S/C14H26N4O/c1-4-7-15-13-9-14(18-12(3)17-13)16-8-5-6-11(2)10-19/h9,11,19H,4-8,10H2,1-3H3,(H2,15,16,17,18). The van der Waals surface area contributed by atoms with E-state index in [-0.39, 0.29) is 6.61 Å². The van der Waals surface area contributed by atoms with E-state index in [9.17, 15) is 0 Å². The van der Waals surface area contributed by atoms with Crippen molar-refractivity contribution in [3.63, 3.8) is 0 Å². The van der Waals surface area contributed by atoms with Crippen LogP contribution in [-0.4, -0.2) is 34.8 Å². The van der Waals surface area contributed by atoms with Gasteiger partial charge in [-0.2, -0.15) is 0 Å². The van der Waals surface area contributed by atoms with Gasteiger partial charge in [0.05, 0.1) is 0 Å². The van der Waals surface area contributed by atoms with Crippen LogP contribution in [0.4, 0.5) is 11.6 Å². The van der Waals surface area contributed by atoms with Gasteiger partial charge in [-0.3, -0.25) is 0 Å². The number of nitrogens with one attached hydrogen (secondary N) is 2. The molecule has 108 valence electrons. The Hall–Kier alpha value is -1.36. The molecule has 0 saturated heterocycles. The Morgan fingerprint density at radius 2 is 1.84 bits per heavy atom. The van der Waals surface area contributed by atoms with E-state index in [0.29, 0.717) is 5.92 Å². The highest BCUT2D eigenvalue weighted by atomic mass is 16.3. The van der Waals surface area contributed by atoms with E-state index < -0.39 is 0 Å². The smallest absolute Gasteiger partial charge is 0.131 e.